The zero-order valence-corrected chi connectivity index (χ0v) is 12.3. The van der Waals surface area contributed by atoms with Crippen LogP contribution in [0.5, 0.6) is 0 Å². The Balaban J connectivity index is 2.05. The minimum absolute atomic E-state index is 0.0261. The first-order chi connectivity index (χ1) is 10.6. The fourth-order valence-corrected chi connectivity index (χ4v) is 3.46. The molecule has 1 aliphatic carbocycles. The summed E-state index contributed by atoms with van der Waals surface area (Å²) in [6, 6.07) is 7.47. The summed E-state index contributed by atoms with van der Waals surface area (Å²) >= 11 is 0. The summed E-state index contributed by atoms with van der Waals surface area (Å²) in [7, 11) is 0. The maximum atomic E-state index is 11.3. The Labute approximate surface area is 128 Å². The predicted octanol–water partition coefficient (Wildman–Crippen LogP) is 3.47. The highest BCUT2D eigenvalue weighted by Gasteiger charge is 2.19. The van der Waals surface area contributed by atoms with Gasteiger partial charge in [0.15, 0.2) is 0 Å². The predicted molar refractivity (Wildman–Crippen MR) is 82.4 cm³/mol. The standard InChI is InChI=1S/C17H19NO4/c19-16(20)10-18-14-7-6-12(11-4-2-1-3-5-11)8-13(14)9-15(18)17(21)22/h6-9,11H,1-5,10H2,(H,19,20)(H,21,22). The van der Waals surface area contributed by atoms with Crippen molar-refractivity contribution < 1.29 is 19.8 Å². The van der Waals surface area contributed by atoms with E-state index in [1.807, 2.05) is 18.2 Å². The van der Waals surface area contributed by atoms with Crippen molar-refractivity contribution in [3.05, 3.63) is 35.5 Å². The third-order valence-corrected chi connectivity index (χ3v) is 4.51. The molecule has 0 aliphatic heterocycles. The lowest BCUT2D eigenvalue weighted by Crippen LogP contribution is -2.14. The van der Waals surface area contributed by atoms with E-state index in [-0.39, 0.29) is 12.2 Å². The summed E-state index contributed by atoms with van der Waals surface area (Å²) in [4.78, 5) is 22.3. The third-order valence-electron chi connectivity index (χ3n) is 4.51. The van der Waals surface area contributed by atoms with Crippen LogP contribution in [0.4, 0.5) is 0 Å². The lowest BCUT2D eigenvalue weighted by atomic mass is 9.84. The number of aromatic nitrogens is 1. The van der Waals surface area contributed by atoms with Gasteiger partial charge in [0, 0.05) is 10.9 Å². The number of fused-ring (bicyclic) bond motifs is 1. The fraction of sp³-hybridized carbons (Fsp3) is 0.412. The van der Waals surface area contributed by atoms with Gasteiger partial charge in [-0.15, -0.1) is 0 Å². The Kier molecular flexibility index (Phi) is 3.88. The number of carboxylic acid groups (broad SMARTS) is 2. The average Bonchev–Trinajstić information content (AvgIpc) is 2.86. The molecule has 0 atom stereocenters. The quantitative estimate of drug-likeness (QED) is 0.906. The molecule has 0 saturated heterocycles. The van der Waals surface area contributed by atoms with Crippen LogP contribution in [0, 0.1) is 0 Å². The lowest BCUT2D eigenvalue weighted by molar-refractivity contribution is -0.137. The molecule has 22 heavy (non-hydrogen) atoms. The van der Waals surface area contributed by atoms with Crippen molar-refractivity contribution in [2.75, 3.05) is 0 Å². The van der Waals surface area contributed by atoms with Crippen LogP contribution in [-0.4, -0.2) is 26.7 Å². The number of aliphatic carboxylic acids is 1. The molecule has 0 amide bonds. The Morgan fingerprint density at radius 3 is 2.45 bits per heavy atom. The molecule has 2 aromatic rings. The number of hydrogen-bond acceptors (Lipinski definition) is 2. The Morgan fingerprint density at radius 2 is 1.82 bits per heavy atom. The molecule has 1 aliphatic rings. The van der Waals surface area contributed by atoms with Gasteiger partial charge in [-0.1, -0.05) is 25.3 Å². The fourth-order valence-electron chi connectivity index (χ4n) is 3.46. The summed E-state index contributed by atoms with van der Waals surface area (Å²) < 4.78 is 1.35. The molecule has 5 nitrogen and oxygen atoms in total. The molecule has 1 fully saturated rings. The maximum Gasteiger partial charge on any atom is 0.352 e. The van der Waals surface area contributed by atoms with Crippen LogP contribution in [0.1, 0.15) is 54.1 Å². The van der Waals surface area contributed by atoms with Gasteiger partial charge in [0.25, 0.3) is 0 Å². The van der Waals surface area contributed by atoms with Gasteiger partial charge in [-0.05, 0) is 42.5 Å². The van der Waals surface area contributed by atoms with Crippen LogP contribution in [0.15, 0.2) is 24.3 Å². The molecule has 116 valence electrons. The van der Waals surface area contributed by atoms with Crippen molar-refractivity contribution in [2.24, 2.45) is 0 Å². The highest BCUT2D eigenvalue weighted by Crippen LogP contribution is 2.34. The molecule has 0 bridgehead atoms. The Bertz CT molecular complexity index is 726. The summed E-state index contributed by atoms with van der Waals surface area (Å²) in [5, 5.41) is 19.1. The zero-order chi connectivity index (χ0) is 15.7. The zero-order valence-electron chi connectivity index (χ0n) is 12.3. The van der Waals surface area contributed by atoms with E-state index in [4.69, 9.17) is 5.11 Å². The SMILES string of the molecule is O=C(O)Cn1c(C(=O)O)cc2cc(C3CCCCC3)ccc21. The average molecular weight is 301 g/mol. The van der Waals surface area contributed by atoms with Crippen LogP contribution >= 0.6 is 0 Å². The Morgan fingerprint density at radius 1 is 1.09 bits per heavy atom. The first-order valence-corrected chi connectivity index (χ1v) is 7.64. The van der Waals surface area contributed by atoms with Crippen LogP contribution in [0.3, 0.4) is 0 Å². The van der Waals surface area contributed by atoms with E-state index in [1.165, 1.54) is 42.2 Å². The first kappa shape index (κ1) is 14.6. The van der Waals surface area contributed by atoms with Gasteiger partial charge in [-0.3, -0.25) is 4.79 Å². The van der Waals surface area contributed by atoms with E-state index < -0.39 is 11.9 Å². The van der Waals surface area contributed by atoms with Gasteiger partial charge in [0.2, 0.25) is 0 Å². The summed E-state index contributed by atoms with van der Waals surface area (Å²) in [6.07, 6.45) is 6.11. The molecule has 3 rings (SSSR count). The maximum absolute atomic E-state index is 11.3. The van der Waals surface area contributed by atoms with Crippen molar-refractivity contribution >= 4 is 22.8 Å². The van der Waals surface area contributed by atoms with Gasteiger partial charge in [-0.2, -0.15) is 0 Å². The van der Waals surface area contributed by atoms with Crippen molar-refractivity contribution in [1.82, 2.24) is 4.57 Å². The van der Waals surface area contributed by atoms with E-state index in [9.17, 15) is 14.7 Å². The van der Waals surface area contributed by atoms with E-state index in [1.54, 1.807) is 6.07 Å². The normalized spacial score (nSPS) is 16.0. The number of hydrogen-bond donors (Lipinski definition) is 2. The minimum atomic E-state index is -1.10. The van der Waals surface area contributed by atoms with E-state index in [0.29, 0.717) is 11.4 Å². The number of carboxylic acids is 2. The van der Waals surface area contributed by atoms with Crippen LogP contribution in [0.25, 0.3) is 10.9 Å². The molecular weight excluding hydrogens is 282 g/mol. The van der Waals surface area contributed by atoms with E-state index in [2.05, 4.69) is 0 Å². The molecule has 1 saturated carbocycles. The second-order valence-corrected chi connectivity index (χ2v) is 5.97. The monoisotopic (exact) mass is 301 g/mol. The number of carbonyl (C=O) groups is 2. The molecule has 2 N–H and O–H groups in total. The van der Waals surface area contributed by atoms with E-state index in [0.717, 1.165) is 5.39 Å². The van der Waals surface area contributed by atoms with Gasteiger partial charge >= 0.3 is 11.9 Å². The molecule has 1 aromatic heterocycles. The highest BCUT2D eigenvalue weighted by molar-refractivity contribution is 5.95. The lowest BCUT2D eigenvalue weighted by Gasteiger charge is -2.22. The van der Waals surface area contributed by atoms with Gasteiger partial charge in [-0.25, -0.2) is 4.79 Å². The topological polar surface area (TPSA) is 79.5 Å². The summed E-state index contributed by atoms with van der Waals surface area (Å²) in [5.74, 6) is -1.61. The van der Waals surface area contributed by atoms with Crippen molar-refractivity contribution in [3.8, 4) is 0 Å². The Hall–Kier alpha value is -2.30. The number of nitrogens with zero attached hydrogens (tertiary/aromatic N) is 1. The molecule has 0 spiro atoms. The van der Waals surface area contributed by atoms with Crippen LogP contribution in [-0.2, 0) is 11.3 Å². The summed E-state index contributed by atoms with van der Waals surface area (Å²) in [5.41, 5.74) is 1.93. The molecule has 0 radical (unpaired) electrons. The number of aromatic carboxylic acids is 1. The van der Waals surface area contributed by atoms with Gasteiger partial charge in [0.05, 0.1) is 0 Å². The number of benzene rings is 1. The van der Waals surface area contributed by atoms with Crippen molar-refractivity contribution in [2.45, 2.75) is 44.6 Å². The third kappa shape index (κ3) is 2.71. The second-order valence-electron chi connectivity index (χ2n) is 5.97. The summed E-state index contributed by atoms with van der Waals surface area (Å²) in [6.45, 7) is -0.339. The molecule has 0 unspecified atom stereocenters. The first-order valence-electron chi connectivity index (χ1n) is 7.64. The second kappa shape index (κ2) is 5.83. The van der Waals surface area contributed by atoms with Crippen LogP contribution in [0.2, 0.25) is 0 Å². The smallest absolute Gasteiger partial charge is 0.352 e. The largest absolute Gasteiger partial charge is 0.480 e. The molecule has 5 heteroatoms. The molecular formula is C17H19NO4. The van der Waals surface area contributed by atoms with Crippen molar-refractivity contribution in [1.29, 1.82) is 0 Å². The van der Waals surface area contributed by atoms with Gasteiger partial charge in [0.1, 0.15) is 12.2 Å². The minimum Gasteiger partial charge on any atom is -0.480 e. The van der Waals surface area contributed by atoms with Crippen molar-refractivity contribution in [3.63, 3.8) is 0 Å². The molecule has 1 heterocycles. The van der Waals surface area contributed by atoms with E-state index >= 15 is 0 Å². The highest BCUT2D eigenvalue weighted by atomic mass is 16.4. The van der Waals surface area contributed by atoms with Gasteiger partial charge < -0.3 is 14.8 Å². The molecule has 1 aromatic carbocycles. The number of rotatable bonds is 4. The van der Waals surface area contributed by atoms with Crippen LogP contribution < -0.4 is 0 Å².